The van der Waals surface area contributed by atoms with Crippen LogP contribution in [0.4, 0.5) is 0 Å². The number of aryl methyl sites for hydroxylation is 1. The van der Waals surface area contributed by atoms with E-state index in [4.69, 9.17) is 23.2 Å². The number of nitrogens with one attached hydrogen (secondary N) is 1. The predicted molar refractivity (Wildman–Crippen MR) is 97.3 cm³/mol. The van der Waals surface area contributed by atoms with Crippen LogP contribution >= 0.6 is 39.1 Å². The standard InChI is InChI=1S/C17H13BrCl2N2O/c18-11-1-3-15-16(8-11)22-17(21-15)4-2-14(23)7-10-5-12(19)9-13(20)6-10/h1,3,5-6,8-9H,2,4,7H2,(H,21,22). The highest BCUT2D eigenvalue weighted by molar-refractivity contribution is 9.10. The highest BCUT2D eigenvalue weighted by atomic mass is 79.9. The number of hydrogen-bond acceptors (Lipinski definition) is 2. The maximum Gasteiger partial charge on any atom is 0.137 e. The van der Waals surface area contributed by atoms with E-state index in [-0.39, 0.29) is 5.78 Å². The third kappa shape index (κ3) is 4.34. The second kappa shape index (κ2) is 7.04. The Kier molecular flexibility index (Phi) is 5.05. The van der Waals surface area contributed by atoms with Gasteiger partial charge in [0.15, 0.2) is 0 Å². The minimum absolute atomic E-state index is 0.130. The summed E-state index contributed by atoms with van der Waals surface area (Å²) < 4.78 is 0.995. The van der Waals surface area contributed by atoms with E-state index >= 15 is 0 Å². The summed E-state index contributed by atoms with van der Waals surface area (Å²) in [6.07, 6.45) is 1.33. The Labute approximate surface area is 152 Å². The lowest BCUT2D eigenvalue weighted by Gasteiger charge is -2.02. The van der Waals surface area contributed by atoms with Crippen LogP contribution in [-0.2, 0) is 17.6 Å². The summed E-state index contributed by atoms with van der Waals surface area (Å²) in [5.41, 5.74) is 2.70. The van der Waals surface area contributed by atoms with Gasteiger partial charge in [-0.2, -0.15) is 0 Å². The number of nitrogens with zero attached hydrogens (tertiary/aromatic N) is 1. The zero-order valence-corrected chi connectivity index (χ0v) is 15.2. The van der Waals surface area contributed by atoms with Gasteiger partial charge in [0.25, 0.3) is 0 Å². The third-order valence-corrected chi connectivity index (χ3v) is 4.39. The van der Waals surface area contributed by atoms with Crippen molar-refractivity contribution >= 4 is 55.9 Å². The first-order valence-corrected chi connectivity index (χ1v) is 8.65. The molecule has 1 N–H and O–H groups in total. The molecule has 0 aliphatic rings. The van der Waals surface area contributed by atoms with Crippen LogP contribution in [0, 0.1) is 0 Å². The molecule has 23 heavy (non-hydrogen) atoms. The number of hydrogen-bond donors (Lipinski definition) is 1. The van der Waals surface area contributed by atoms with Gasteiger partial charge in [-0.25, -0.2) is 4.98 Å². The van der Waals surface area contributed by atoms with E-state index in [0.717, 1.165) is 26.9 Å². The molecule has 3 rings (SSSR count). The molecule has 0 spiro atoms. The second-order valence-corrected chi connectivity index (χ2v) is 7.13. The van der Waals surface area contributed by atoms with Crippen molar-refractivity contribution in [2.45, 2.75) is 19.3 Å². The summed E-state index contributed by atoms with van der Waals surface area (Å²) in [4.78, 5) is 19.9. The lowest BCUT2D eigenvalue weighted by atomic mass is 10.1. The van der Waals surface area contributed by atoms with Gasteiger partial charge in [-0.1, -0.05) is 39.1 Å². The maximum atomic E-state index is 12.1. The molecule has 0 bridgehead atoms. The van der Waals surface area contributed by atoms with Gasteiger partial charge in [-0.3, -0.25) is 4.79 Å². The summed E-state index contributed by atoms with van der Waals surface area (Å²) in [6, 6.07) is 11.1. The molecule has 0 saturated carbocycles. The number of imidazole rings is 1. The number of ketones is 1. The monoisotopic (exact) mass is 410 g/mol. The first kappa shape index (κ1) is 16.5. The number of H-pyrrole nitrogens is 1. The molecule has 0 unspecified atom stereocenters. The molecule has 3 nitrogen and oxygen atoms in total. The summed E-state index contributed by atoms with van der Waals surface area (Å²) in [6.45, 7) is 0. The Morgan fingerprint density at radius 2 is 1.87 bits per heavy atom. The van der Waals surface area contributed by atoms with Crippen LogP contribution < -0.4 is 0 Å². The number of rotatable bonds is 5. The van der Waals surface area contributed by atoms with Gasteiger partial charge in [0.2, 0.25) is 0 Å². The van der Waals surface area contributed by atoms with Crippen molar-refractivity contribution in [2.75, 3.05) is 0 Å². The fourth-order valence-electron chi connectivity index (χ4n) is 2.44. The summed E-state index contributed by atoms with van der Waals surface area (Å²) in [5, 5.41) is 1.09. The Bertz CT molecular complexity index is 856. The van der Waals surface area contributed by atoms with Crippen LogP contribution in [0.1, 0.15) is 17.8 Å². The van der Waals surface area contributed by atoms with Crippen LogP contribution in [0.5, 0.6) is 0 Å². The number of Topliss-reactive ketones (excluding diaryl/α,β-unsaturated/α-hetero) is 1. The van der Waals surface area contributed by atoms with E-state index in [1.807, 2.05) is 18.2 Å². The smallest absolute Gasteiger partial charge is 0.137 e. The van der Waals surface area contributed by atoms with Gasteiger partial charge in [0.05, 0.1) is 11.0 Å². The highest BCUT2D eigenvalue weighted by Gasteiger charge is 2.09. The Hall–Kier alpha value is -1.36. The van der Waals surface area contributed by atoms with Crippen LogP contribution in [0.3, 0.4) is 0 Å². The van der Waals surface area contributed by atoms with Crippen LogP contribution in [0.25, 0.3) is 11.0 Å². The van der Waals surface area contributed by atoms with Crippen molar-refractivity contribution in [3.63, 3.8) is 0 Å². The second-order valence-electron chi connectivity index (χ2n) is 5.34. The molecule has 0 saturated heterocycles. The fourth-order valence-corrected chi connectivity index (χ4v) is 3.37. The van der Waals surface area contributed by atoms with E-state index in [0.29, 0.717) is 29.3 Å². The number of fused-ring (bicyclic) bond motifs is 1. The van der Waals surface area contributed by atoms with E-state index in [1.165, 1.54) is 0 Å². The lowest BCUT2D eigenvalue weighted by Crippen LogP contribution is -2.05. The fraction of sp³-hybridized carbons (Fsp3) is 0.176. The molecule has 2 aromatic carbocycles. The lowest BCUT2D eigenvalue weighted by molar-refractivity contribution is -0.118. The van der Waals surface area contributed by atoms with Crippen LogP contribution in [0.2, 0.25) is 10.0 Å². The highest BCUT2D eigenvalue weighted by Crippen LogP contribution is 2.21. The molecule has 1 aromatic heterocycles. The predicted octanol–water partition coefficient (Wildman–Crippen LogP) is 5.38. The minimum atomic E-state index is 0.130. The molecule has 3 aromatic rings. The summed E-state index contributed by atoms with van der Waals surface area (Å²) >= 11 is 15.3. The van der Waals surface area contributed by atoms with Gasteiger partial charge < -0.3 is 4.98 Å². The van der Waals surface area contributed by atoms with Gasteiger partial charge >= 0.3 is 0 Å². The van der Waals surface area contributed by atoms with Crippen molar-refractivity contribution in [3.05, 3.63) is 62.3 Å². The zero-order valence-electron chi connectivity index (χ0n) is 12.1. The number of aromatic nitrogens is 2. The van der Waals surface area contributed by atoms with Crippen molar-refractivity contribution in [1.29, 1.82) is 0 Å². The first-order chi connectivity index (χ1) is 11.0. The molecule has 0 atom stereocenters. The number of benzene rings is 2. The zero-order chi connectivity index (χ0) is 16.4. The summed E-state index contributed by atoms with van der Waals surface area (Å²) in [5.74, 6) is 0.945. The van der Waals surface area contributed by atoms with Crippen molar-refractivity contribution in [2.24, 2.45) is 0 Å². The number of halogens is 3. The van der Waals surface area contributed by atoms with Crippen molar-refractivity contribution < 1.29 is 4.79 Å². The average molecular weight is 412 g/mol. The molecule has 0 aliphatic carbocycles. The molecule has 0 fully saturated rings. The summed E-state index contributed by atoms with van der Waals surface area (Å²) in [7, 11) is 0. The molecule has 0 amide bonds. The average Bonchev–Trinajstić information content (AvgIpc) is 2.86. The first-order valence-electron chi connectivity index (χ1n) is 7.10. The van der Waals surface area contributed by atoms with Crippen molar-refractivity contribution in [1.82, 2.24) is 9.97 Å². The molecule has 0 aliphatic heterocycles. The molecule has 118 valence electrons. The molecule has 0 radical (unpaired) electrons. The van der Waals surface area contributed by atoms with E-state index < -0.39 is 0 Å². The number of carbonyl (C=O) groups is 1. The topological polar surface area (TPSA) is 45.8 Å². The minimum Gasteiger partial charge on any atom is -0.342 e. The van der Waals surface area contributed by atoms with E-state index in [1.54, 1.807) is 18.2 Å². The van der Waals surface area contributed by atoms with Crippen LogP contribution in [0.15, 0.2) is 40.9 Å². The normalized spacial score (nSPS) is 11.1. The maximum absolute atomic E-state index is 12.1. The molecular weight excluding hydrogens is 399 g/mol. The quantitative estimate of drug-likeness (QED) is 0.612. The van der Waals surface area contributed by atoms with Crippen molar-refractivity contribution in [3.8, 4) is 0 Å². The number of carbonyl (C=O) groups excluding carboxylic acids is 1. The van der Waals surface area contributed by atoms with Crippen LogP contribution in [-0.4, -0.2) is 15.8 Å². The molecular formula is C17H13BrCl2N2O. The van der Waals surface area contributed by atoms with Gasteiger partial charge in [-0.15, -0.1) is 0 Å². The molecule has 6 heteroatoms. The molecule has 1 heterocycles. The number of aromatic amines is 1. The largest absolute Gasteiger partial charge is 0.342 e. The van der Waals surface area contributed by atoms with Gasteiger partial charge in [-0.05, 0) is 42.0 Å². The van der Waals surface area contributed by atoms with E-state index in [2.05, 4.69) is 25.9 Å². The Balaban J connectivity index is 1.63. The SMILES string of the molecule is O=C(CCc1nc2ccc(Br)cc2[nH]1)Cc1cc(Cl)cc(Cl)c1. The Morgan fingerprint density at radius 3 is 2.61 bits per heavy atom. The van der Waals surface area contributed by atoms with E-state index in [9.17, 15) is 4.79 Å². The van der Waals surface area contributed by atoms with Gasteiger partial charge in [0, 0.05) is 33.8 Å². The third-order valence-electron chi connectivity index (χ3n) is 3.46. The Morgan fingerprint density at radius 1 is 1.13 bits per heavy atom. The van der Waals surface area contributed by atoms with Gasteiger partial charge in [0.1, 0.15) is 11.6 Å².